The van der Waals surface area contributed by atoms with Gasteiger partial charge < -0.3 is 15.8 Å². The molecule has 0 bridgehead atoms. The number of urea groups is 1. The fourth-order valence-corrected chi connectivity index (χ4v) is 8.55. The summed E-state index contributed by atoms with van der Waals surface area (Å²) in [6.45, 7) is 16.1. The van der Waals surface area contributed by atoms with Crippen molar-refractivity contribution in [3.63, 3.8) is 0 Å². The van der Waals surface area contributed by atoms with Gasteiger partial charge in [0.15, 0.2) is 0 Å². The minimum Gasteiger partial charge on any atom is -0.445 e. The van der Waals surface area contributed by atoms with Gasteiger partial charge in [0.1, 0.15) is 18.2 Å². The number of nitrogens with zero attached hydrogens (tertiary/aromatic N) is 6. The number of hydrogen-bond acceptors (Lipinski definition) is 8. The first-order chi connectivity index (χ1) is 39.1. The lowest BCUT2D eigenvalue weighted by atomic mass is 9.92. The highest BCUT2D eigenvalue weighted by Gasteiger charge is 2.25. The molecule has 3 amide bonds. The SMILES string of the molecule is C.Cc1ccc(-n2nc(C(C)(C)C)cc2NC(=O)Nc2ccc(/C=C/c3ccncc3)c3ccccc23)cc1.Cc1ccc(-n2nc(C(C)(C)C)cc2NC(=O)OCC(Cl)(Cl)Cl)cc1.Nc1ccc(/C=C/c2ccncc2)c2ccccc12. The number of fused-ring (bicyclic) bond motifs is 2. The summed E-state index contributed by atoms with van der Waals surface area (Å²) in [4.78, 5) is 33.3. The number of anilines is 4. The van der Waals surface area contributed by atoms with E-state index in [-0.39, 0.29) is 30.9 Å². The van der Waals surface area contributed by atoms with E-state index in [2.05, 4.69) is 100 Å². The number of ether oxygens (including phenoxy) is 1. The number of pyridine rings is 2. The van der Waals surface area contributed by atoms with Crippen molar-refractivity contribution in [1.29, 1.82) is 0 Å². The van der Waals surface area contributed by atoms with Crippen LogP contribution in [0, 0.1) is 13.8 Å². The number of nitrogens with two attached hydrogens (primary N) is 1. The molecule has 10 aromatic rings. The van der Waals surface area contributed by atoms with E-state index in [4.69, 9.17) is 50.4 Å². The van der Waals surface area contributed by atoms with Gasteiger partial charge in [-0.2, -0.15) is 10.2 Å². The minimum atomic E-state index is -1.66. The third kappa shape index (κ3) is 17.2. The Morgan fingerprint density at radius 1 is 0.530 bits per heavy atom. The zero-order valence-electron chi connectivity index (χ0n) is 47.0. The largest absolute Gasteiger partial charge is 0.445 e. The number of carbonyl (C=O) groups excluding carboxylic acids is 2. The number of halogens is 3. The average Bonchev–Trinajstić information content (AvgIpc) is 4.04. The molecule has 0 spiro atoms. The Balaban J connectivity index is 0.000000190. The van der Waals surface area contributed by atoms with E-state index >= 15 is 0 Å². The molecule has 13 nitrogen and oxygen atoms in total. The molecule has 0 saturated carbocycles. The molecule has 0 aliphatic carbocycles. The van der Waals surface area contributed by atoms with Crippen LogP contribution in [0.2, 0.25) is 0 Å². The maximum atomic E-state index is 13.2. The summed E-state index contributed by atoms with van der Waals surface area (Å²) in [7, 11) is 0. The minimum absolute atomic E-state index is 0. The fourth-order valence-electron chi connectivity index (χ4n) is 8.39. The second kappa shape index (κ2) is 27.3. The third-order valence-corrected chi connectivity index (χ3v) is 13.2. The number of carbonyl (C=O) groups is 2. The Bertz CT molecular complexity index is 3860. The van der Waals surface area contributed by atoms with Crippen molar-refractivity contribution in [3.05, 3.63) is 227 Å². The van der Waals surface area contributed by atoms with E-state index in [1.807, 2.05) is 162 Å². The Morgan fingerprint density at radius 3 is 1.41 bits per heavy atom. The molecule has 16 heteroatoms. The van der Waals surface area contributed by atoms with E-state index in [0.29, 0.717) is 11.6 Å². The molecular formula is C67H69Cl3N10O3. The van der Waals surface area contributed by atoms with Crippen LogP contribution < -0.4 is 21.7 Å². The van der Waals surface area contributed by atoms with Crippen LogP contribution in [0.4, 0.5) is 32.6 Å². The molecule has 0 saturated heterocycles. The molecule has 4 heterocycles. The number of alkyl halides is 3. The van der Waals surface area contributed by atoms with E-state index in [1.54, 1.807) is 40.2 Å². The van der Waals surface area contributed by atoms with Crippen molar-refractivity contribution < 1.29 is 14.3 Å². The molecule has 83 heavy (non-hydrogen) atoms. The van der Waals surface area contributed by atoms with Crippen LogP contribution in [0.3, 0.4) is 0 Å². The summed E-state index contributed by atoms with van der Waals surface area (Å²) >= 11 is 16.8. The molecular weight excluding hydrogens is 1100 g/mol. The summed E-state index contributed by atoms with van der Waals surface area (Å²) in [5, 5.41) is 22.4. The first kappa shape index (κ1) is 61.9. The number of amides is 3. The molecule has 0 fully saturated rings. The van der Waals surface area contributed by atoms with Crippen molar-refractivity contribution in [3.8, 4) is 11.4 Å². The van der Waals surface area contributed by atoms with E-state index in [0.717, 1.165) is 78.1 Å². The number of benzene rings is 6. The van der Waals surface area contributed by atoms with Crippen LogP contribution in [-0.2, 0) is 15.6 Å². The van der Waals surface area contributed by atoms with Crippen molar-refractivity contribution in [2.75, 3.05) is 28.3 Å². The number of aryl methyl sites for hydroxylation is 2. The molecule has 5 N–H and O–H groups in total. The second-order valence-corrected chi connectivity index (χ2v) is 24.0. The molecule has 10 rings (SSSR count). The van der Waals surface area contributed by atoms with Gasteiger partial charge in [0.25, 0.3) is 0 Å². The molecule has 0 aliphatic heterocycles. The zero-order valence-corrected chi connectivity index (χ0v) is 49.2. The van der Waals surface area contributed by atoms with Gasteiger partial charge in [-0.25, -0.2) is 19.0 Å². The lowest BCUT2D eigenvalue weighted by Crippen LogP contribution is -2.22. The van der Waals surface area contributed by atoms with Gasteiger partial charge in [-0.3, -0.25) is 20.6 Å². The van der Waals surface area contributed by atoms with Gasteiger partial charge in [0.05, 0.1) is 28.5 Å². The van der Waals surface area contributed by atoms with Gasteiger partial charge in [0, 0.05) is 64.2 Å². The highest BCUT2D eigenvalue weighted by molar-refractivity contribution is 6.67. The maximum Gasteiger partial charge on any atom is 0.412 e. The normalized spacial score (nSPS) is 11.6. The van der Waals surface area contributed by atoms with Gasteiger partial charge in [-0.05, 0) is 108 Å². The first-order valence-electron chi connectivity index (χ1n) is 26.5. The first-order valence-corrected chi connectivity index (χ1v) is 27.6. The van der Waals surface area contributed by atoms with Crippen LogP contribution in [0.5, 0.6) is 0 Å². The van der Waals surface area contributed by atoms with Crippen molar-refractivity contribution in [2.24, 2.45) is 0 Å². The van der Waals surface area contributed by atoms with E-state index < -0.39 is 9.89 Å². The topological polar surface area (TPSA) is 167 Å². The number of rotatable bonds is 10. The number of aromatic nitrogens is 6. The highest BCUT2D eigenvalue weighted by atomic mass is 35.6. The number of nitrogen functional groups attached to an aromatic ring is 1. The lowest BCUT2D eigenvalue weighted by molar-refractivity contribution is 0.163. The maximum absolute atomic E-state index is 13.2. The predicted molar refractivity (Wildman–Crippen MR) is 347 cm³/mol. The molecule has 0 unspecified atom stereocenters. The van der Waals surface area contributed by atoms with Crippen LogP contribution in [-0.4, -0.2) is 52.1 Å². The number of hydrogen-bond donors (Lipinski definition) is 4. The monoisotopic (exact) mass is 1170 g/mol. The molecule has 6 aromatic carbocycles. The molecule has 0 atom stereocenters. The molecule has 0 radical (unpaired) electrons. The summed E-state index contributed by atoms with van der Waals surface area (Å²) in [5.41, 5.74) is 17.3. The van der Waals surface area contributed by atoms with Crippen LogP contribution in [0.25, 0.3) is 57.2 Å². The molecule has 426 valence electrons. The zero-order chi connectivity index (χ0) is 58.6. The highest BCUT2D eigenvalue weighted by Crippen LogP contribution is 2.32. The summed E-state index contributed by atoms with van der Waals surface area (Å²) in [5.74, 6) is 1.08. The predicted octanol–water partition coefficient (Wildman–Crippen LogP) is 17.9. The van der Waals surface area contributed by atoms with E-state index in [1.165, 1.54) is 10.9 Å². The standard InChI is InChI=1S/C32H31N5O.C17H20Cl3N3O2.C17H14N2.CH4/c1-22-9-14-25(15-10-22)37-30(21-29(36-37)32(2,3)4)35-31(38)34-28-16-13-24(26-7-5-6-8-27(26)28)12-11-23-17-19-33-20-18-23;1-11-5-7-12(8-6-11)23-14(9-13(22-23)16(2,3)4)21-15(24)25-10-17(18,19)20;18-17-8-7-14(15-3-1-2-4-16(15)17)6-5-13-9-11-19-12-10-13;/h5-21H,1-4H3,(H2,34,35,38);5-9H,10H2,1-4H3,(H,21,24);1-12H,18H2;1H4/b12-11+;;6-5+;. The number of nitrogens with one attached hydrogen (secondary N) is 3. The second-order valence-electron chi connectivity index (χ2n) is 21.5. The van der Waals surface area contributed by atoms with Crippen molar-refractivity contribution in [2.45, 2.75) is 77.4 Å². The average molecular weight is 1170 g/mol. The summed E-state index contributed by atoms with van der Waals surface area (Å²) in [6.07, 6.45) is 14.7. The van der Waals surface area contributed by atoms with Crippen LogP contribution in [0.1, 0.15) is 93.7 Å². The quantitative estimate of drug-likeness (QED) is 0.0775. The van der Waals surface area contributed by atoms with Crippen LogP contribution in [0.15, 0.2) is 183 Å². The third-order valence-electron chi connectivity index (χ3n) is 12.9. The summed E-state index contributed by atoms with van der Waals surface area (Å²) in [6, 6.07) is 51.4. The molecule has 0 aliphatic rings. The van der Waals surface area contributed by atoms with E-state index in [9.17, 15) is 9.59 Å². The van der Waals surface area contributed by atoms with Crippen molar-refractivity contribution >= 4 is 116 Å². The lowest BCUT2D eigenvalue weighted by Gasteiger charge is -2.14. The smallest absolute Gasteiger partial charge is 0.412 e. The Labute approximate surface area is 501 Å². The van der Waals surface area contributed by atoms with Gasteiger partial charge >= 0.3 is 12.1 Å². The van der Waals surface area contributed by atoms with Crippen molar-refractivity contribution in [1.82, 2.24) is 29.5 Å². The Hall–Kier alpha value is -8.75. The van der Waals surface area contributed by atoms with Gasteiger partial charge in [-0.1, -0.05) is 204 Å². The Kier molecular flexibility index (Phi) is 20.4. The summed E-state index contributed by atoms with van der Waals surface area (Å²) < 4.78 is 6.70. The van der Waals surface area contributed by atoms with Gasteiger partial charge in [-0.15, -0.1) is 0 Å². The van der Waals surface area contributed by atoms with Gasteiger partial charge in [0.2, 0.25) is 3.79 Å². The fraction of sp³-hybridized carbons (Fsp3) is 0.194. The molecule has 4 aromatic heterocycles. The van der Waals surface area contributed by atoms with Crippen LogP contribution >= 0.6 is 34.8 Å². The Morgan fingerprint density at radius 2 is 0.952 bits per heavy atom.